The van der Waals surface area contributed by atoms with Gasteiger partial charge < -0.3 is 26.1 Å². The van der Waals surface area contributed by atoms with Crippen LogP contribution in [0.1, 0.15) is 5.69 Å². The van der Waals surface area contributed by atoms with Crippen molar-refractivity contribution >= 4 is 80.9 Å². The molecule has 4 rings (SSSR count). The van der Waals surface area contributed by atoms with Gasteiger partial charge in [-0.15, -0.1) is 33.3 Å². The van der Waals surface area contributed by atoms with E-state index < -0.39 is 23.3 Å². The van der Waals surface area contributed by atoms with E-state index in [-0.39, 0.29) is 54.2 Å². The van der Waals surface area contributed by atoms with Crippen LogP contribution in [0.15, 0.2) is 25.3 Å². The molecule has 0 aliphatic carbocycles. The number of aliphatic carboxylic acids is 1. The van der Waals surface area contributed by atoms with Gasteiger partial charge in [-0.3, -0.25) is 14.5 Å². The van der Waals surface area contributed by atoms with Gasteiger partial charge in [-0.05, 0) is 5.57 Å². The van der Waals surface area contributed by atoms with Crippen molar-refractivity contribution in [2.45, 2.75) is 26.5 Å². The Morgan fingerprint density at radius 2 is 2.06 bits per heavy atom. The van der Waals surface area contributed by atoms with Crippen molar-refractivity contribution in [3.05, 3.63) is 22.3 Å². The fraction of sp³-hybridized carbons (Fsp3) is 0.412. The van der Waals surface area contributed by atoms with E-state index in [1.807, 2.05) is 0 Å². The van der Waals surface area contributed by atoms with Crippen molar-refractivity contribution in [3.63, 3.8) is 0 Å². The van der Waals surface area contributed by atoms with E-state index in [1.54, 1.807) is 5.38 Å². The molecule has 4 N–H and O–H groups in total. The summed E-state index contributed by atoms with van der Waals surface area (Å²) in [6.45, 7) is 0.0395. The van der Waals surface area contributed by atoms with Gasteiger partial charge in [0.25, 0.3) is 5.91 Å². The summed E-state index contributed by atoms with van der Waals surface area (Å²) in [5.41, 5.74) is 6.49. The summed E-state index contributed by atoms with van der Waals surface area (Å²) in [7, 11) is 0. The number of amides is 2. The van der Waals surface area contributed by atoms with E-state index in [9.17, 15) is 19.5 Å². The Kier molecular flexibility index (Phi) is 10.1. The van der Waals surface area contributed by atoms with E-state index in [2.05, 4.69) is 20.5 Å². The Morgan fingerprint density at radius 3 is 2.71 bits per heavy atom. The first kappa shape index (κ1) is 27.7. The fourth-order valence-corrected chi connectivity index (χ4v) is 8.05. The number of hydrogen-bond donors (Lipinski definition) is 3. The maximum atomic E-state index is 12.7. The number of nitrogen functional groups attached to an aromatic ring is 1. The number of carbonyl (C=O) groups excluding carboxylic acids is 3. The summed E-state index contributed by atoms with van der Waals surface area (Å²) in [5.74, 6) is -1.09. The topological polar surface area (TPSA) is 174 Å². The van der Waals surface area contributed by atoms with Gasteiger partial charge in [0.05, 0.1) is 30.4 Å². The van der Waals surface area contributed by atoms with Crippen LogP contribution in [0.3, 0.4) is 0 Å². The van der Waals surface area contributed by atoms with Crippen molar-refractivity contribution in [2.75, 3.05) is 29.6 Å². The fourth-order valence-electron chi connectivity index (χ4n) is 3.17. The molecule has 176 valence electrons. The minimum absolute atomic E-state index is 0. The number of aromatic nitrogens is 3. The number of thioether (sulfide) groups is 3. The van der Waals surface area contributed by atoms with Crippen LogP contribution in [-0.2, 0) is 20.8 Å². The molecule has 0 aromatic carbocycles. The zero-order valence-corrected chi connectivity index (χ0v) is 23.8. The minimum Gasteiger partial charge on any atom is -0.543 e. The second kappa shape index (κ2) is 12.4. The number of carboxylic acids is 1. The molecule has 2 amide bonds. The molecule has 1 fully saturated rings. The summed E-state index contributed by atoms with van der Waals surface area (Å²) in [6, 6.07) is -0.809. The molecule has 4 heterocycles. The second-order valence-electron chi connectivity index (χ2n) is 6.74. The molecule has 0 radical (unpaired) electrons. The molecule has 2 aliphatic heterocycles. The van der Waals surface area contributed by atoms with Crippen LogP contribution >= 0.6 is 58.0 Å². The number of thiazole rings is 1. The summed E-state index contributed by atoms with van der Waals surface area (Å²) in [4.78, 5) is 42.1. The van der Waals surface area contributed by atoms with Crippen LogP contribution < -0.4 is 45.7 Å². The van der Waals surface area contributed by atoms with Crippen LogP contribution in [0.4, 0.5) is 5.13 Å². The third-order valence-corrected chi connectivity index (χ3v) is 9.86. The van der Waals surface area contributed by atoms with Crippen molar-refractivity contribution in [3.8, 4) is 0 Å². The molecule has 34 heavy (non-hydrogen) atoms. The number of nitrogens with one attached hydrogen (secondary N) is 1. The number of aliphatic hydroxyl groups excluding tert-OH is 1. The van der Waals surface area contributed by atoms with Crippen molar-refractivity contribution in [2.24, 2.45) is 0 Å². The van der Waals surface area contributed by atoms with Gasteiger partial charge >= 0.3 is 29.6 Å². The molecule has 17 heteroatoms. The molecule has 2 aromatic heterocycles. The van der Waals surface area contributed by atoms with Gasteiger partial charge in [-0.2, -0.15) is 0 Å². The predicted octanol–water partition coefficient (Wildman–Crippen LogP) is -3.60. The van der Waals surface area contributed by atoms with Gasteiger partial charge in [-0.1, -0.05) is 34.9 Å². The number of carbonyl (C=O) groups is 3. The molecule has 1 unspecified atom stereocenters. The van der Waals surface area contributed by atoms with E-state index in [1.165, 1.54) is 62.9 Å². The number of carboxylic acid groups (broad SMARTS) is 1. The number of hydrogen-bond acceptors (Lipinski definition) is 14. The first-order valence-electron chi connectivity index (χ1n) is 9.44. The number of fused-ring (bicyclic) bond motifs is 1. The molecule has 2 aromatic rings. The summed E-state index contributed by atoms with van der Waals surface area (Å²) in [5, 5.41) is 33.0. The Hall–Kier alpha value is -0.850. The summed E-state index contributed by atoms with van der Waals surface area (Å²) >= 11 is 6.69. The molecular weight excluding hydrogens is 552 g/mol. The van der Waals surface area contributed by atoms with E-state index in [0.717, 1.165) is 4.34 Å². The number of β-lactam (4-membered cyclic amide) rings is 1. The SMILES string of the molecule is Nc1nc(CC(=O)NC2C(=O)N3C(C(=O)[O-])=C(CSc4nnc(SCCO)s4)CS[C@@H]23)cs1.[Na+]. The second-order valence-corrected chi connectivity index (χ2v) is 12.3. The number of aliphatic hydroxyl groups is 1. The molecule has 2 aliphatic rings. The van der Waals surface area contributed by atoms with Crippen LogP contribution in [0.2, 0.25) is 0 Å². The first-order chi connectivity index (χ1) is 15.9. The van der Waals surface area contributed by atoms with Gasteiger partial charge in [0.1, 0.15) is 11.4 Å². The number of nitrogens with two attached hydrogens (primary N) is 1. The van der Waals surface area contributed by atoms with E-state index in [0.29, 0.717) is 38.0 Å². The summed E-state index contributed by atoms with van der Waals surface area (Å²) in [6.07, 6.45) is -0.0135. The molecule has 0 spiro atoms. The van der Waals surface area contributed by atoms with Crippen LogP contribution in [0, 0.1) is 0 Å². The standard InChI is InChI=1S/C17H18N6O5S5.Na/c18-15-19-8(6-31-15)3-9(25)20-10-12(26)23-11(14(27)28)7(4-30-13(10)23)5-32-17-22-21-16(33-17)29-2-1-24;/h6,10,13,24H,1-5H2,(H2,18,19)(H,20,25)(H,27,28);/q;+1/p-1/t10?,13-;/m0./s1. The van der Waals surface area contributed by atoms with Gasteiger partial charge in [0.2, 0.25) is 5.91 Å². The van der Waals surface area contributed by atoms with Crippen molar-refractivity contribution < 1.29 is 54.2 Å². The zero-order valence-electron chi connectivity index (χ0n) is 17.8. The Labute approximate surface area is 237 Å². The maximum absolute atomic E-state index is 12.7. The smallest absolute Gasteiger partial charge is 0.543 e. The molecule has 2 atom stereocenters. The molecule has 1 saturated heterocycles. The quantitative estimate of drug-likeness (QED) is 0.146. The van der Waals surface area contributed by atoms with Crippen molar-refractivity contribution in [1.82, 2.24) is 25.4 Å². The van der Waals surface area contributed by atoms with Gasteiger partial charge in [0.15, 0.2) is 13.8 Å². The molecular formula is C17H17N6NaO5S5. The number of anilines is 1. The van der Waals surface area contributed by atoms with E-state index in [4.69, 9.17) is 10.8 Å². The number of nitrogens with zero attached hydrogens (tertiary/aromatic N) is 4. The molecule has 0 bridgehead atoms. The average molecular weight is 569 g/mol. The normalized spacial score (nSPS) is 19.3. The molecule has 11 nitrogen and oxygen atoms in total. The third-order valence-electron chi connectivity index (χ3n) is 4.54. The Morgan fingerprint density at radius 1 is 1.32 bits per heavy atom. The number of rotatable bonds is 10. The zero-order chi connectivity index (χ0) is 23.5. The predicted molar refractivity (Wildman–Crippen MR) is 126 cm³/mol. The van der Waals surface area contributed by atoms with Gasteiger partial charge in [0, 0.05) is 22.6 Å². The van der Waals surface area contributed by atoms with Crippen LogP contribution in [-0.4, -0.2) is 78.3 Å². The van der Waals surface area contributed by atoms with Gasteiger partial charge in [-0.25, -0.2) is 4.98 Å². The Bertz CT molecular complexity index is 1110. The monoisotopic (exact) mass is 568 g/mol. The Balaban J connectivity index is 0.00000324. The maximum Gasteiger partial charge on any atom is 1.00 e. The van der Waals surface area contributed by atoms with E-state index >= 15 is 0 Å². The first-order valence-corrected chi connectivity index (χ1v) is 14.2. The van der Waals surface area contributed by atoms with Crippen molar-refractivity contribution in [1.29, 1.82) is 0 Å². The summed E-state index contributed by atoms with van der Waals surface area (Å²) < 4.78 is 1.38. The van der Waals surface area contributed by atoms with Crippen LogP contribution in [0.5, 0.6) is 0 Å². The molecule has 0 saturated carbocycles. The largest absolute Gasteiger partial charge is 1.00 e. The third kappa shape index (κ3) is 6.28. The minimum atomic E-state index is -1.43. The van der Waals surface area contributed by atoms with Crippen LogP contribution in [0.25, 0.3) is 0 Å². The average Bonchev–Trinajstić information content (AvgIpc) is 3.42.